The van der Waals surface area contributed by atoms with Crippen LogP contribution in [0.4, 0.5) is 5.82 Å². The molecule has 0 unspecified atom stereocenters. The summed E-state index contributed by atoms with van der Waals surface area (Å²) in [5.41, 5.74) is 1.45. The van der Waals surface area contributed by atoms with Crippen molar-refractivity contribution in [2.45, 2.75) is 57.4 Å². The molecule has 0 atom stereocenters. The fourth-order valence-corrected chi connectivity index (χ4v) is 3.83. The maximum atomic E-state index is 12.6. The molecule has 1 saturated heterocycles. The maximum Gasteiger partial charge on any atom is 0.273 e. The molecule has 0 radical (unpaired) electrons. The van der Waals surface area contributed by atoms with Crippen LogP contribution in [0.5, 0.6) is 0 Å². The first kappa shape index (κ1) is 20.3. The van der Waals surface area contributed by atoms with Gasteiger partial charge >= 0.3 is 0 Å². The Hall–Kier alpha value is -2.44. The minimum atomic E-state index is -0.177. The number of nitrogens with one attached hydrogen (secondary N) is 1. The molecule has 0 aromatic carbocycles. The lowest BCUT2D eigenvalue weighted by atomic mass is 9.89. The predicted octanol–water partition coefficient (Wildman–Crippen LogP) is 2.86. The van der Waals surface area contributed by atoms with Crippen LogP contribution in [-0.4, -0.2) is 64.3 Å². The van der Waals surface area contributed by atoms with Crippen LogP contribution in [0.1, 0.15) is 62.4 Å². The van der Waals surface area contributed by atoms with E-state index in [9.17, 15) is 9.59 Å². The Morgan fingerprint density at radius 2 is 1.82 bits per heavy atom. The number of aromatic nitrogens is 2. The molecular weight excluding hydrogens is 354 g/mol. The Morgan fingerprint density at radius 3 is 2.46 bits per heavy atom. The molecule has 2 heterocycles. The van der Waals surface area contributed by atoms with Crippen molar-refractivity contribution >= 4 is 17.6 Å². The molecular formula is C21H31N5O2. The third-order valence-electron chi connectivity index (χ3n) is 5.69. The van der Waals surface area contributed by atoms with Gasteiger partial charge in [0.2, 0.25) is 5.91 Å². The van der Waals surface area contributed by atoms with Crippen LogP contribution in [0.15, 0.2) is 24.0 Å². The zero-order chi connectivity index (χ0) is 20.1. The van der Waals surface area contributed by atoms with Crippen molar-refractivity contribution in [3.8, 4) is 0 Å². The predicted molar refractivity (Wildman–Crippen MR) is 109 cm³/mol. The number of likely N-dealkylation sites (tertiary alicyclic amines) is 1. The molecule has 7 heteroatoms. The SMILES string of the molecule is CN(C)C(=O)c1cncc(NC2(C)CCN(C(=O)C=C3CCCCC3)CC2)n1. The first-order chi connectivity index (χ1) is 13.4. The van der Waals surface area contributed by atoms with Gasteiger partial charge in [-0.25, -0.2) is 4.98 Å². The van der Waals surface area contributed by atoms with Crippen molar-refractivity contribution in [2.24, 2.45) is 0 Å². The van der Waals surface area contributed by atoms with E-state index in [0.717, 1.165) is 38.8 Å². The van der Waals surface area contributed by atoms with E-state index >= 15 is 0 Å². The zero-order valence-corrected chi connectivity index (χ0v) is 17.2. The van der Waals surface area contributed by atoms with Crippen LogP contribution in [0, 0.1) is 0 Å². The number of nitrogens with zero attached hydrogens (tertiary/aromatic N) is 4. The molecule has 2 fully saturated rings. The van der Waals surface area contributed by atoms with Crippen LogP contribution in [0.2, 0.25) is 0 Å². The molecule has 1 aromatic rings. The van der Waals surface area contributed by atoms with E-state index < -0.39 is 0 Å². The van der Waals surface area contributed by atoms with Crippen LogP contribution < -0.4 is 5.32 Å². The topological polar surface area (TPSA) is 78.4 Å². The second kappa shape index (κ2) is 8.71. The number of hydrogen-bond donors (Lipinski definition) is 1. The number of anilines is 1. The fraction of sp³-hybridized carbons (Fsp3) is 0.619. The molecule has 1 saturated carbocycles. The fourth-order valence-electron chi connectivity index (χ4n) is 3.83. The standard InChI is InChI=1S/C21H31N5O2/c1-21(24-18-15-22-14-17(23-18)20(28)25(2)3)9-11-26(12-10-21)19(27)13-16-7-5-4-6-8-16/h13-15H,4-12H2,1-3H3,(H,23,24). The summed E-state index contributed by atoms with van der Waals surface area (Å²) in [5.74, 6) is 0.578. The molecule has 7 nitrogen and oxygen atoms in total. The van der Waals surface area contributed by atoms with Gasteiger partial charge in [-0.2, -0.15) is 0 Å². The molecule has 2 aliphatic rings. The lowest BCUT2D eigenvalue weighted by Crippen LogP contribution is -2.49. The summed E-state index contributed by atoms with van der Waals surface area (Å²) in [6, 6.07) is 0. The Kier molecular flexibility index (Phi) is 6.31. The molecule has 1 N–H and O–H groups in total. The van der Waals surface area contributed by atoms with Gasteiger partial charge in [0.15, 0.2) is 0 Å². The van der Waals surface area contributed by atoms with E-state index in [2.05, 4.69) is 22.2 Å². The van der Waals surface area contributed by atoms with Gasteiger partial charge in [-0.1, -0.05) is 12.0 Å². The normalized spacial score (nSPS) is 19.1. The molecule has 1 aromatic heterocycles. The molecule has 2 amide bonds. The summed E-state index contributed by atoms with van der Waals surface area (Å²) in [7, 11) is 3.39. The average molecular weight is 386 g/mol. The van der Waals surface area contributed by atoms with Crippen LogP contribution in [0.3, 0.4) is 0 Å². The summed E-state index contributed by atoms with van der Waals surface area (Å²) in [5, 5.41) is 3.43. The van der Waals surface area contributed by atoms with Crippen LogP contribution >= 0.6 is 0 Å². The second-order valence-electron chi connectivity index (χ2n) is 8.36. The molecule has 3 rings (SSSR count). The average Bonchev–Trinajstić information content (AvgIpc) is 2.68. The third kappa shape index (κ3) is 5.09. The molecule has 28 heavy (non-hydrogen) atoms. The van der Waals surface area contributed by atoms with Gasteiger partial charge in [0.05, 0.1) is 12.4 Å². The summed E-state index contributed by atoms with van der Waals surface area (Å²) in [4.78, 5) is 36.7. The van der Waals surface area contributed by atoms with Gasteiger partial charge in [0.1, 0.15) is 11.5 Å². The lowest BCUT2D eigenvalue weighted by Gasteiger charge is -2.40. The second-order valence-corrected chi connectivity index (χ2v) is 8.36. The minimum absolute atomic E-state index is 0.150. The minimum Gasteiger partial charge on any atom is -0.363 e. The van der Waals surface area contributed by atoms with E-state index in [4.69, 9.17) is 0 Å². The van der Waals surface area contributed by atoms with Crippen molar-refractivity contribution in [3.05, 3.63) is 29.7 Å². The van der Waals surface area contributed by atoms with Crippen molar-refractivity contribution in [3.63, 3.8) is 0 Å². The van der Waals surface area contributed by atoms with Gasteiger partial charge in [-0.05, 0) is 45.4 Å². The number of rotatable bonds is 4. The first-order valence-electron chi connectivity index (χ1n) is 10.2. The number of carbonyl (C=O) groups excluding carboxylic acids is 2. The monoisotopic (exact) mass is 385 g/mol. The highest BCUT2D eigenvalue weighted by atomic mass is 16.2. The number of hydrogen-bond acceptors (Lipinski definition) is 5. The molecule has 0 spiro atoms. The summed E-state index contributed by atoms with van der Waals surface area (Å²) in [6.45, 7) is 3.57. The number of allylic oxidation sites excluding steroid dienone is 1. The maximum absolute atomic E-state index is 12.6. The van der Waals surface area contributed by atoms with E-state index in [1.807, 2.05) is 11.0 Å². The third-order valence-corrected chi connectivity index (χ3v) is 5.69. The van der Waals surface area contributed by atoms with Crippen molar-refractivity contribution < 1.29 is 9.59 Å². The Bertz CT molecular complexity index is 743. The summed E-state index contributed by atoms with van der Waals surface area (Å²) < 4.78 is 0. The number of piperidine rings is 1. The van der Waals surface area contributed by atoms with Gasteiger partial charge in [-0.3, -0.25) is 14.6 Å². The molecule has 1 aliphatic carbocycles. The summed E-state index contributed by atoms with van der Waals surface area (Å²) in [6.07, 6.45) is 12.5. The van der Waals surface area contributed by atoms with Gasteiger partial charge < -0.3 is 15.1 Å². The van der Waals surface area contributed by atoms with E-state index in [1.165, 1.54) is 35.9 Å². The largest absolute Gasteiger partial charge is 0.363 e. The highest BCUT2D eigenvalue weighted by Gasteiger charge is 2.32. The van der Waals surface area contributed by atoms with E-state index in [0.29, 0.717) is 11.5 Å². The number of amides is 2. The molecule has 1 aliphatic heterocycles. The van der Waals surface area contributed by atoms with E-state index in [-0.39, 0.29) is 17.4 Å². The lowest BCUT2D eigenvalue weighted by molar-refractivity contribution is -0.127. The Balaban J connectivity index is 1.58. The Morgan fingerprint density at radius 1 is 1.14 bits per heavy atom. The zero-order valence-electron chi connectivity index (χ0n) is 17.2. The Labute approximate surface area is 167 Å². The summed E-state index contributed by atoms with van der Waals surface area (Å²) >= 11 is 0. The van der Waals surface area contributed by atoms with Crippen LogP contribution in [-0.2, 0) is 4.79 Å². The van der Waals surface area contributed by atoms with Gasteiger partial charge in [0, 0.05) is 38.8 Å². The van der Waals surface area contributed by atoms with Crippen LogP contribution in [0.25, 0.3) is 0 Å². The molecule has 0 bridgehead atoms. The van der Waals surface area contributed by atoms with Crippen molar-refractivity contribution in [1.29, 1.82) is 0 Å². The quantitative estimate of drug-likeness (QED) is 0.807. The van der Waals surface area contributed by atoms with Gasteiger partial charge in [-0.15, -0.1) is 0 Å². The van der Waals surface area contributed by atoms with Crippen molar-refractivity contribution in [1.82, 2.24) is 19.8 Å². The highest BCUT2D eigenvalue weighted by molar-refractivity contribution is 5.92. The van der Waals surface area contributed by atoms with E-state index in [1.54, 1.807) is 20.3 Å². The van der Waals surface area contributed by atoms with Crippen molar-refractivity contribution in [2.75, 3.05) is 32.5 Å². The number of carbonyl (C=O) groups is 2. The highest BCUT2D eigenvalue weighted by Crippen LogP contribution is 2.27. The van der Waals surface area contributed by atoms with Gasteiger partial charge in [0.25, 0.3) is 5.91 Å². The first-order valence-corrected chi connectivity index (χ1v) is 10.2. The smallest absolute Gasteiger partial charge is 0.273 e. The molecule has 152 valence electrons.